The Kier molecular flexibility index (Phi) is 9.36. The topological polar surface area (TPSA) is 71.7 Å². The second-order valence-corrected chi connectivity index (χ2v) is 8.07. The van der Waals surface area contributed by atoms with Gasteiger partial charge in [-0.05, 0) is 23.3 Å². The van der Waals surface area contributed by atoms with Gasteiger partial charge >= 0.3 is 0 Å². The molecule has 7 heteroatoms. The van der Waals surface area contributed by atoms with Gasteiger partial charge in [-0.3, -0.25) is 4.99 Å². The number of aliphatic imine (C=N–C) groups is 1. The number of halogens is 1. The standard InChI is InChI=1S/C24H30N4O2.HI/c1-24(2,3)21-15-26-22(30-21)16-28-23(25-4)27-14-18-10-12-20(13-11-18)29-17-19-8-6-5-7-9-19;/h5-13,15H,14,16-17H2,1-4H3,(H2,25,27,28);1H. The number of rotatable bonds is 7. The number of nitrogens with zero attached hydrogens (tertiary/aromatic N) is 2. The fourth-order valence-corrected chi connectivity index (χ4v) is 2.75. The molecule has 6 nitrogen and oxygen atoms in total. The molecule has 0 amide bonds. The van der Waals surface area contributed by atoms with E-state index in [1.54, 1.807) is 13.2 Å². The third-order valence-electron chi connectivity index (χ3n) is 4.56. The number of ether oxygens (including phenoxy) is 1. The van der Waals surface area contributed by atoms with Gasteiger partial charge in [-0.15, -0.1) is 24.0 Å². The molecule has 0 fully saturated rings. The Morgan fingerprint density at radius 1 is 0.968 bits per heavy atom. The smallest absolute Gasteiger partial charge is 0.213 e. The van der Waals surface area contributed by atoms with E-state index in [0.29, 0.717) is 31.5 Å². The van der Waals surface area contributed by atoms with Crippen LogP contribution < -0.4 is 15.4 Å². The molecule has 1 heterocycles. The molecule has 0 bridgehead atoms. The molecule has 0 spiro atoms. The lowest BCUT2D eigenvalue weighted by molar-refractivity contribution is 0.306. The molecule has 3 rings (SSSR count). The first-order valence-corrected chi connectivity index (χ1v) is 10.1. The molecule has 0 saturated heterocycles. The predicted molar refractivity (Wildman–Crippen MR) is 135 cm³/mol. The Bertz CT molecular complexity index is 948. The summed E-state index contributed by atoms with van der Waals surface area (Å²) in [6.07, 6.45) is 1.79. The first-order valence-electron chi connectivity index (χ1n) is 10.1. The maximum absolute atomic E-state index is 5.83. The molecule has 2 N–H and O–H groups in total. The lowest BCUT2D eigenvalue weighted by Gasteiger charge is -2.13. The summed E-state index contributed by atoms with van der Waals surface area (Å²) in [4.78, 5) is 8.58. The molecule has 0 atom stereocenters. The minimum atomic E-state index is -0.0534. The molecule has 0 radical (unpaired) electrons. The Hall–Kier alpha value is -2.55. The molecular formula is C24H31IN4O2. The van der Waals surface area contributed by atoms with Crippen LogP contribution in [0.2, 0.25) is 0 Å². The van der Waals surface area contributed by atoms with Crippen molar-refractivity contribution in [2.45, 2.75) is 45.9 Å². The summed E-state index contributed by atoms with van der Waals surface area (Å²) in [5.74, 6) is 3.05. The Balaban J connectivity index is 0.00000341. The quantitative estimate of drug-likeness (QED) is 0.253. The summed E-state index contributed by atoms with van der Waals surface area (Å²) in [7, 11) is 1.74. The van der Waals surface area contributed by atoms with E-state index >= 15 is 0 Å². The summed E-state index contributed by atoms with van der Waals surface area (Å²) in [5, 5.41) is 6.53. The number of benzene rings is 2. The van der Waals surface area contributed by atoms with Crippen molar-refractivity contribution in [3.8, 4) is 5.75 Å². The van der Waals surface area contributed by atoms with Crippen LogP contribution in [-0.4, -0.2) is 18.0 Å². The van der Waals surface area contributed by atoms with E-state index in [1.807, 2.05) is 42.5 Å². The SMILES string of the molecule is CN=C(NCc1ccc(OCc2ccccc2)cc1)NCc1ncc(C(C)(C)C)o1.I. The molecule has 1 aromatic heterocycles. The third-order valence-corrected chi connectivity index (χ3v) is 4.56. The average Bonchev–Trinajstić information content (AvgIpc) is 3.24. The van der Waals surface area contributed by atoms with Crippen LogP contribution >= 0.6 is 24.0 Å². The Morgan fingerprint density at radius 2 is 1.65 bits per heavy atom. The van der Waals surface area contributed by atoms with Gasteiger partial charge < -0.3 is 19.8 Å². The molecule has 166 valence electrons. The molecule has 0 aliphatic carbocycles. The second kappa shape index (κ2) is 11.7. The van der Waals surface area contributed by atoms with Gasteiger partial charge in [0, 0.05) is 19.0 Å². The number of hydrogen-bond acceptors (Lipinski definition) is 4. The van der Waals surface area contributed by atoms with Crippen molar-refractivity contribution < 1.29 is 9.15 Å². The molecule has 0 unspecified atom stereocenters. The van der Waals surface area contributed by atoms with E-state index in [1.165, 1.54) is 0 Å². The zero-order valence-corrected chi connectivity index (χ0v) is 20.8. The molecule has 31 heavy (non-hydrogen) atoms. The van der Waals surface area contributed by atoms with E-state index in [2.05, 4.69) is 53.5 Å². The van der Waals surface area contributed by atoms with E-state index in [4.69, 9.17) is 9.15 Å². The van der Waals surface area contributed by atoms with E-state index < -0.39 is 0 Å². The number of hydrogen-bond donors (Lipinski definition) is 2. The summed E-state index contributed by atoms with van der Waals surface area (Å²) in [6, 6.07) is 18.2. The van der Waals surface area contributed by atoms with Crippen LogP contribution in [0.1, 0.15) is 43.5 Å². The Labute approximate surface area is 201 Å². The normalized spacial score (nSPS) is 11.5. The molecule has 3 aromatic rings. The fraction of sp³-hybridized carbons (Fsp3) is 0.333. The molecule has 2 aromatic carbocycles. The van der Waals surface area contributed by atoms with Crippen molar-refractivity contribution in [3.63, 3.8) is 0 Å². The van der Waals surface area contributed by atoms with Crippen molar-refractivity contribution in [2.75, 3.05) is 7.05 Å². The van der Waals surface area contributed by atoms with Gasteiger partial charge in [0.1, 0.15) is 18.1 Å². The van der Waals surface area contributed by atoms with Crippen molar-refractivity contribution in [2.24, 2.45) is 4.99 Å². The maximum Gasteiger partial charge on any atom is 0.213 e. The summed E-state index contributed by atoms with van der Waals surface area (Å²) in [6.45, 7) is 7.99. The average molecular weight is 534 g/mol. The van der Waals surface area contributed by atoms with E-state index in [-0.39, 0.29) is 29.4 Å². The maximum atomic E-state index is 5.83. The molecular weight excluding hydrogens is 503 g/mol. The summed E-state index contributed by atoms with van der Waals surface area (Å²) >= 11 is 0. The highest BCUT2D eigenvalue weighted by Gasteiger charge is 2.19. The van der Waals surface area contributed by atoms with Gasteiger partial charge in [0.25, 0.3) is 0 Å². The van der Waals surface area contributed by atoms with Crippen LogP contribution in [0.25, 0.3) is 0 Å². The van der Waals surface area contributed by atoms with E-state index in [0.717, 1.165) is 22.6 Å². The van der Waals surface area contributed by atoms with Crippen molar-refractivity contribution in [1.29, 1.82) is 0 Å². The van der Waals surface area contributed by atoms with Crippen LogP contribution in [0.3, 0.4) is 0 Å². The van der Waals surface area contributed by atoms with Crippen molar-refractivity contribution in [3.05, 3.63) is 83.6 Å². The van der Waals surface area contributed by atoms with Crippen LogP contribution in [0, 0.1) is 0 Å². The highest BCUT2D eigenvalue weighted by molar-refractivity contribution is 14.0. The summed E-state index contributed by atoms with van der Waals surface area (Å²) in [5.41, 5.74) is 2.23. The lowest BCUT2D eigenvalue weighted by Crippen LogP contribution is -2.36. The van der Waals surface area contributed by atoms with Gasteiger partial charge in [0.05, 0.1) is 12.7 Å². The van der Waals surface area contributed by atoms with Gasteiger partial charge in [-0.1, -0.05) is 63.2 Å². The lowest BCUT2D eigenvalue weighted by atomic mass is 9.94. The zero-order chi connectivity index (χ0) is 21.4. The van der Waals surface area contributed by atoms with Crippen LogP contribution in [0.15, 0.2) is 70.2 Å². The fourth-order valence-electron chi connectivity index (χ4n) is 2.75. The Morgan fingerprint density at radius 3 is 2.26 bits per heavy atom. The van der Waals surface area contributed by atoms with E-state index in [9.17, 15) is 0 Å². The van der Waals surface area contributed by atoms with Crippen molar-refractivity contribution in [1.82, 2.24) is 15.6 Å². The highest BCUT2D eigenvalue weighted by atomic mass is 127. The first kappa shape index (κ1) is 24.7. The largest absolute Gasteiger partial charge is 0.489 e. The predicted octanol–water partition coefficient (Wildman–Crippen LogP) is 5.03. The molecule has 0 saturated carbocycles. The minimum Gasteiger partial charge on any atom is -0.489 e. The second-order valence-electron chi connectivity index (χ2n) is 8.07. The first-order chi connectivity index (χ1) is 14.4. The number of oxazole rings is 1. The monoisotopic (exact) mass is 534 g/mol. The third kappa shape index (κ3) is 7.90. The van der Waals surface area contributed by atoms with Gasteiger partial charge in [-0.25, -0.2) is 4.98 Å². The zero-order valence-electron chi connectivity index (χ0n) is 18.5. The van der Waals surface area contributed by atoms with Gasteiger partial charge in [-0.2, -0.15) is 0 Å². The summed E-state index contributed by atoms with van der Waals surface area (Å²) < 4.78 is 11.6. The molecule has 0 aliphatic heterocycles. The van der Waals surface area contributed by atoms with Crippen LogP contribution in [0.5, 0.6) is 5.75 Å². The number of nitrogens with one attached hydrogen (secondary N) is 2. The highest BCUT2D eigenvalue weighted by Crippen LogP contribution is 2.22. The van der Waals surface area contributed by atoms with Gasteiger partial charge in [0.2, 0.25) is 5.89 Å². The van der Waals surface area contributed by atoms with Crippen LogP contribution in [0.4, 0.5) is 0 Å². The number of guanidine groups is 1. The van der Waals surface area contributed by atoms with Gasteiger partial charge in [0.15, 0.2) is 5.96 Å². The van der Waals surface area contributed by atoms with Crippen molar-refractivity contribution >= 4 is 29.9 Å². The minimum absolute atomic E-state index is 0. The number of aromatic nitrogens is 1. The van der Waals surface area contributed by atoms with Crippen LogP contribution in [-0.2, 0) is 25.1 Å². The molecule has 0 aliphatic rings.